The summed E-state index contributed by atoms with van der Waals surface area (Å²) >= 11 is 5.92. The number of rotatable bonds is 3. The summed E-state index contributed by atoms with van der Waals surface area (Å²) in [6.45, 7) is -0.221. The molecule has 0 bridgehead atoms. The van der Waals surface area contributed by atoms with E-state index in [1.54, 1.807) is 6.20 Å². The number of pyridine rings is 1. The topological polar surface area (TPSA) is 72.0 Å². The highest BCUT2D eigenvalue weighted by molar-refractivity contribution is 6.31. The van der Waals surface area contributed by atoms with Crippen LogP contribution >= 0.6 is 11.6 Å². The molecule has 96 valence electrons. The summed E-state index contributed by atoms with van der Waals surface area (Å²) < 4.78 is 5.03. The molecule has 2 heterocycles. The molecule has 0 radical (unpaired) electrons. The van der Waals surface area contributed by atoms with Gasteiger partial charge in [-0.15, -0.1) is 0 Å². The van der Waals surface area contributed by atoms with E-state index in [9.17, 15) is 0 Å². The number of aromatic nitrogens is 3. The van der Waals surface area contributed by atoms with E-state index in [0.717, 1.165) is 16.5 Å². The number of benzene rings is 1. The zero-order valence-electron chi connectivity index (χ0n) is 9.88. The van der Waals surface area contributed by atoms with Gasteiger partial charge in [-0.1, -0.05) is 22.8 Å². The second kappa shape index (κ2) is 4.95. The Morgan fingerprint density at radius 2 is 2.16 bits per heavy atom. The predicted molar refractivity (Wildman–Crippen MR) is 69.8 cm³/mol. The number of fused-ring (bicyclic) bond motifs is 1. The minimum Gasteiger partial charge on any atom is -0.388 e. The van der Waals surface area contributed by atoms with Crippen LogP contribution in [0.4, 0.5) is 0 Å². The van der Waals surface area contributed by atoms with Crippen molar-refractivity contribution in [1.29, 1.82) is 0 Å². The van der Waals surface area contributed by atoms with Crippen molar-refractivity contribution >= 4 is 22.5 Å². The molecular formula is C13H10ClN3O2. The summed E-state index contributed by atoms with van der Waals surface area (Å²) in [6.07, 6.45) is 2.13. The third-order valence-corrected chi connectivity index (χ3v) is 2.93. The van der Waals surface area contributed by atoms with E-state index in [1.165, 1.54) is 0 Å². The Labute approximate surface area is 113 Å². The van der Waals surface area contributed by atoms with Crippen LogP contribution in [-0.4, -0.2) is 20.2 Å². The lowest BCUT2D eigenvalue weighted by molar-refractivity contribution is 0.263. The van der Waals surface area contributed by atoms with Crippen molar-refractivity contribution in [2.45, 2.75) is 13.0 Å². The molecule has 0 aliphatic carbocycles. The number of hydrogen-bond donors (Lipinski definition) is 1. The Morgan fingerprint density at radius 3 is 2.95 bits per heavy atom. The van der Waals surface area contributed by atoms with Gasteiger partial charge >= 0.3 is 0 Å². The van der Waals surface area contributed by atoms with Crippen LogP contribution in [0.5, 0.6) is 0 Å². The molecule has 5 nitrogen and oxygen atoms in total. The Kier molecular flexibility index (Phi) is 3.15. The predicted octanol–water partition coefficient (Wildman–Crippen LogP) is 2.35. The molecular weight excluding hydrogens is 266 g/mol. The van der Waals surface area contributed by atoms with Crippen LogP contribution in [0.25, 0.3) is 10.9 Å². The highest BCUT2D eigenvalue weighted by Gasteiger charge is 2.07. The van der Waals surface area contributed by atoms with Gasteiger partial charge in [0.1, 0.15) is 6.61 Å². The first kappa shape index (κ1) is 12.1. The number of hydrogen-bond acceptors (Lipinski definition) is 5. The third-order valence-electron chi connectivity index (χ3n) is 2.72. The fourth-order valence-electron chi connectivity index (χ4n) is 1.86. The average molecular weight is 276 g/mol. The maximum atomic E-state index is 8.88. The lowest BCUT2D eigenvalue weighted by atomic mass is 10.1. The van der Waals surface area contributed by atoms with Gasteiger partial charge in [-0.05, 0) is 23.8 Å². The van der Waals surface area contributed by atoms with Gasteiger partial charge < -0.3 is 9.63 Å². The molecule has 0 saturated carbocycles. The molecule has 0 amide bonds. The van der Waals surface area contributed by atoms with E-state index in [4.69, 9.17) is 21.2 Å². The lowest BCUT2D eigenvalue weighted by Gasteiger charge is -2.01. The number of halogens is 1. The Bertz CT molecular complexity index is 727. The summed E-state index contributed by atoms with van der Waals surface area (Å²) in [6, 6.07) is 7.72. The van der Waals surface area contributed by atoms with Crippen molar-refractivity contribution in [3.05, 3.63) is 52.8 Å². The van der Waals surface area contributed by atoms with Gasteiger partial charge in [0.15, 0.2) is 5.82 Å². The summed E-state index contributed by atoms with van der Waals surface area (Å²) in [4.78, 5) is 8.28. The van der Waals surface area contributed by atoms with Gasteiger partial charge in [0.25, 0.3) is 0 Å². The lowest BCUT2D eigenvalue weighted by Crippen LogP contribution is -1.91. The van der Waals surface area contributed by atoms with Crippen LogP contribution in [0.1, 0.15) is 17.3 Å². The van der Waals surface area contributed by atoms with Crippen LogP contribution in [0.2, 0.25) is 5.02 Å². The largest absolute Gasteiger partial charge is 0.388 e. The quantitative estimate of drug-likeness (QED) is 0.794. The van der Waals surface area contributed by atoms with Crippen molar-refractivity contribution in [2.24, 2.45) is 0 Å². The van der Waals surface area contributed by atoms with Crippen LogP contribution < -0.4 is 0 Å². The van der Waals surface area contributed by atoms with E-state index >= 15 is 0 Å². The molecule has 19 heavy (non-hydrogen) atoms. The van der Waals surface area contributed by atoms with E-state index in [1.807, 2.05) is 24.3 Å². The van der Waals surface area contributed by atoms with Gasteiger partial charge in [0.05, 0.1) is 17.0 Å². The van der Waals surface area contributed by atoms with E-state index in [-0.39, 0.29) is 6.61 Å². The van der Waals surface area contributed by atoms with Crippen molar-refractivity contribution in [3.8, 4) is 0 Å². The fourth-order valence-corrected chi connectivity index (χ4v) is 2.03. The third kappa shape index (κ3) is 2.57. The summed E-state index contributed by atoms with van der Waals surface area (Å²) in [5, 5.41) is 14.1. The Balaban J connectivity index is 1.92. The van der Waals surface area contributed by atoms with Gasteiger partial charge in [-0.2, -0.15) is 4.98 Å². The zero-order valence-corrected chi connectivity index (χ0v) is 10.6. The molecule has 6 heteroatoms. The average Bonchev–Trinajstić information content (AvgIpc) is 2.86. The van der Waals surface area contributed by atoms with Crippen molar-refractivity contribution in [1.82, 2.24) is 15.1 Å². The fraction of sp³-hybridized carbons (Fsp3) is 0.154. The van der Waals surface area contributed by atoms with Crippen molar-refractivity contribution in [2.75, 3.05) is 0 Å². The molecule has 1 aromatic carbocycles. The first-order valence-electron chi connectivity index (χ1n) is 5.71. The Hall–Kier alpha value is -1.98. The molecule has 2 aromatic heterocycles. The summed E-state index contributed by atoms with van der Waals surface area (Å²) in [5.41, 5.74) is 1.90. The minimum atomic E-state index is -0.221. The molecule has 0 atom stereocenters. The molecule has 0 unspecified atom stereocenters. The number of nitrogens with zero attached hydrogens (tertiary/aromatic N) is 3. The molecule has 0 saturated heterocycles. The van der Waals surface area contributed by atoms with Crippen LogP contribution in [0, 0.1) is 0 Å². The second-order valence-corrected chi connectivity index (χ2v) is 4.56. The number of aliphatic hydroxyl groups is 1. The SMILES string of the molecule is OCc1noc(Cc2ccc3ncc(Cl)cc3c2)n1. The number of aliphatic hydroxyl groups excluding tert-OH is 1. The van der Waals surface area contributed by atoms with Gasteiger partial charge in [-0.25, -0.2) is 0 Å². The van der Waals surface area contributed by atoms with Crippen molar-refractivity contribution < 1.29 is 9.63 Å². The maximum Gasteiger partial charge on any atom is 0.231 e. The molecule has 3 rings (SSSR count). The van der Waals surface area contributed by atoms with Gasteiger partial charge in [0.2, 0.25) is 5.89 Å². The summed E-state index contributed by atoms with van der Waals surface area (Å²) in [7, 11) is 0. The van der Waals surface area contributed by atoms with Crippen LogP contribution in [0.3, 0.4) is 0 Å². The molecule has 0 aliphatic rings. The monoisotopic (exact) mass is 275 g/mol. The van der Waals surface area contributed by atoms with Crippen LogP contribution in [0.15, 0.2) is 35.0 Å². The smallest absolute Gasteiger partial charge is 0.231 e. The molecule has 1 N–H and O–H groups in total. The standard InChI is InChI=1S/C13H10ClN3O2/c14-10-5-9-3-8(1-2-11(9)15-6-10)4-13-16-12(7-18)17-19-13/h1-3,5-6,18H,4,7H2. The molecule has 0 spiro atoms. The van der Waals surface area contributed by atoms with E-state index < -0.39 is 0 Å². The molecule has 0 fully saturated rings. The molecule has 0 aliphatic heterocycles. The highest BCUT2D eigenvalue weighted by Crippen LogP contribution is 2.19. The van der Waals surface area contributed by atoms with Gasteiger partial charge in [0, 0.05) is 11.6 Å². The maximum absolute atomic E-state index is 8.88. The van der Waals surface area contributed by atoms with Gasteiger partial charge in [-0.3, -0.25) is 4.98 Å². The minimum absolute atomic E-state index is 0.221. The first-order valence-corrected chi connectivity index (χ1v) is 6.09. The molecule has 3 aromatic rings. The first-order chi connectivity index (χ1) is 9.24. The van der Waals surface area contributed by atoms with E-state index in [2.05, 4.69) is 15.1 Å². The summed E-state index contributed by atoms with van der Waals surface area (Å²) in [5.74, 6) is 0.763. The normalized spacial score (nSPS) is 11.1. The van der Waals surface area contributed by atoms with E-state index in [0.29, 0.717) is 23.2 Å². The van der Waals surface area contributed by atoms with Crippen molar-refractivity contribution in [3.63, 3.8) is 0 Å². The Morgan fingerprint density at radius 1 is 1.26 bits per heavy atom. The zero-order chi connectivity index (χ0) is 13.2. The second-order valence-electron chi connectivity index (χ2n) is 4.12. The highest BCUT2D eigenvalue weighted by atomic mass is 35.5. The van der Waals surface area contributed by atoms with Crippen LogP contribution in [-0.2, 0) is 13.0 Å².